The van der Waals surface area contributed by atoms with Crippen LogP contribution in [0.3, 0.4) is 0 Å². The molecule has 1 rings (SSSR count). The topological polar surface area (TPSA) is 21.3 Å². The first-order chi connectivity index (χ1) is 8.83. The van der Waals surface area contributed by atoms with Crippen LogP contribution in [-0.4, -0.2) is 13.2 Å². The van der Waals surface area contributed by atoms with E-state index in [1.54, 1.807) is 0 Å². The summed E-state index contributed by atoms with van der Waals surface area (Å²) in [4.78, 5) is 0. The summed E-state index contributed by atoms with van der Waals surface area (Å²) in [5.74, 6) is 0.987. The minimum absolute atomic E-state index is 0.298. The normalized spacial score (nSPS) is 13.4. The van der Waals surface area contributed by atoms with Crippen LogP contribution < -0.4 is 10.1 Å². The van der Waals surface area contributed by atoms with Crippen molar-refractivity contribution >= 4 is 15.9 Å². The highest BCUT2D eigenvalue weighted by molar-refractivity contribution is 9.10. The van der Waals surface area contributed by atoms with E-state index in [-0.39, 0.29) is 0 Å². The number of halogens is 1. The Kier molecular flexibility index (Phi) is 6.34. The van der Waals surface area contributed by atoms with Gasteiger partial charge in [0.2, 0.25) is 0 Å². The van der Waals surface area contributed by atoms with Gasteiger partial charge in [-0.2, -0.15) is 0 Å². The number of benzene rings is 1. The smallest absolute Gasteiger partial charge is 0.124 e. The molecule has 0 bridgehead atoms. The standard InChI is InChI=1S/C16H26BrNO/c1-6-18-12(2)14-11-13(17)7-8-15(14)19-10-9-16(3,4)5/h7-8,11-12,18H,6,9-10H2,1-5H3. The molecule has 1 N–H and O–H groups in total. The molecular weight excluding hydrogens is 302 g/mol. The van der Waals surface area contributed by atoms with Crippen molar-refractivity contribution in [1.82, 2.24) is 5.32 Å². The molecule has 0 heterocycles. The van der Waals surface area contributed by atoms with E-state index in [9.17, 15) is 0 Å². The summed E-state index contributed by atoms with van der Waals surface area (Å²) in [6.45, 7) is 12.7. The van der Waals surface area contributed by atoms with Gasteiger partial charge in [-0.15, -0.1) is 0 Å². The van der Waals surface area contributed by atoms with E-state index in [2.05, 4.69) is 68.0 Å². The van der Waals surface area contributed by atoms with Crippen LogP contribution in [0, 0.1) is 5.41 Å². The maximum Gasteiger partial charge on any atom is 0.124 e. The zero-order valence-corrected chi connectivity index (χ0v) is 14.3. The van der Waals surface area contributed by atoms with Crippen molar-refractivity contribution in [1.29, 1.82) is 0 Å². The molecule has 3 heteroatoms. The highest BCUT2D eigenvalue weighted by Gasteiger charge is 2.14. The average Bonchev–Trinajstić information content (AvgIpc) is 2.29. The third-order valence-corrected chi connectivity index (χ3v) is 3.55. The molecule has 1 unspecified atom stereocenters. The second-order valence-corrected chi connectivity index (χ2v) is 7.04. The van der Waals surface area contributed by atoms with Gasteiger partial charge in [0.25, 0.3) is 0 Å². The second-order valence-electron chi connectivity index (χ2n) is 6.12. The van der Waals surface area contributed by atoms with Crippen molar-refractivity contribution in [3.8, 4) is 5.75 Å². The average molecular weight is 328 g/mol. The molecular formula is C16H26BrNO. The third kappa shape index (κ3) is 5.96. The number of rotatable bonds is 6. The second kappa shape index (κ2) is 7.30. The quantitative estimate of drug-likeness (QED) is 0.799. The molecule has 0 aliphatic rings. The third-order valence-electron chi connectivity index (χ3n) is 3.06. The molecule has 2 nitrogen and oxygen atoms in total. The summed E-state index contributed by atoms with van der Waals surface area (Å²) in [5, 5.41) is 3.44. The van der Waals surface area contributed by atoms with E-state index in [4.69, 9.17) is 4.74 Å². The maximum absolute atomic E-state index is 5.97. The van der Waals surface area contributed by atoms with Crippen LogP contribution >= 0.6 is 15.9 Å². The molecule has 0 fully saturated rings. The van der Waals surface area contributed by atoms with Crippen LogP contribution in [0.5, 0.6) is 5.75 Å². The zero-order valence-electron chi connectivity index (χ0n) is 12.7. The van der Waals surface area contributed by atoms with Gasteiger partial charge in [-0.25, -0.2) is 0 Å². The van der Waals surface area contributed by atoms with Gasteiger partial charge in [0, 0.05) is 16.1 Å². The van der Waals surface area contributed by atoms with Gasteiger partial charge in [0.05, 0.1) is 6.61 Å². The van der Waals surface area contributed by atoms with Crippen molar-refractivity contribution in [2.24, 2.45) is 5.41 Å². The first kappa shape index (κ1) is 16.5. The Bertz CT molecular complexity index is 398. The lowest BCUT2D eigenvalue weighted by molar-refractivity contribution is 0.240. The fourth-order valence-electron chi connectivity index (χ4n) is 1.87. The lowest BCUT2D eigenvalue weighted by Crippen LogP contribution is -2.19. The molecule has 0 saturated heterocycles. The summed E-state index contributed by atoms with van der Waals surface area (Å²) >= 11 is 3.53. The summed E-state index contributed by atoms with van der Waals surface area (Å²) in [6, 6.07) is 6.52. The first-order valence-electron chi connectivity index (χ1n) is 6.99. The Hall–Kier alpha value is -0.540. The molecule has 0 aliphatic heterocycles. The van der Waals surface area contributed by atoms with E-state index < -0.39 is 0 Å². The zero-order chi connectivity index (χ0) is 14.5. The summed E-state index contributed by atoms with van der Waals surface area (Å²) < 4.78 is 7.07. The Morgan fingerprint density at radius 3 is 2.58 bits per heavy atom. The van der Waals surface area contributed by atoms with Gasteiger partial charge in [-0.05, 0) is 43.5 Å². The number of hydrogen-bond acceptors (Lipinski definition) is 2. The minimum atomic E-state index is 0.298. The van der Waals surface area contributed by atoms with E-state index in [0.717, 1.165) is 29.8 Å². The van der Waals surface area contributed by atoms with Crippen molar-refractivity contribution < 1.29 is 4.74 Å². The van der Waals surface area contributed by atoms with Crippen LogP contribution in [0.1, 0.15) is 52.6 Å². The Morgan fingerprint density at radius 1 is 1.32 bits per heavy atom. The van der Waals surface area contributed by atoms with Crippen LogP contribution in [0.2, 0.25) is 0 Å². The van der Waals surface area contributed by atoms with Gasteiger partial charge in [-0.3, -0.25) is 0 Å². The summed E-state index contributed by atoms with van der Waals surface area (Å²) in [6.07, 6.45) is 1.05. The number of ether oxygens (including phenoxy) is 1. The summed E-state index contributed by atoms with van der Waals surface area (Å²) in [7, 11) is 0. The molecule has 19 heavy (non-hydrogen) atoms. The lowest BCUT2D eigenvalue weighted by atomic mass is 9.93. The van der Waals surface area contributed by atoms with E-state index in [1.165, 1.54) is 5.56 Å². The molecule has 0 aliphatic carbocycles. The lowest BCUT2D eigenvalue weighted by Gasteiger charge is -2.21. The number of nitrogens with one attached hydrogen (secondary N) is 1. The predicted molar refractivity (Wildman–Crippen MR) is 85.8 cm³/mol. The molecule has 108 valence electrons. The van der Waals surface area contributed by atoms with Crippen molar-refractivity contribution in [2.75, 3.05) is 13.2 Å². The molecule has 1 aromatic carbocycles. The monoisotopic (exact) mass is 327 g/mol. The highest BCUT2D eigenvalue weighted by Crippen LogP contribution is 2.29. The predicted octanol–water partition coefficient (Wildman–Crippen LogP) is 4.93. The Labute approximate surface area is 126 Å². The number of hydrogen-bond donors (Lipinski definition) is 1. The van der Waals surface area contributed by atoms with Crippen LogP contribution in [0.25, 0.3) is 0 Å². The Balaban J connectivity index is 2.76. The van der Waals surface area contributed by atoms with Crippen molar-refractivity contribution in [3.63, 3.8) is 0 Å². The van der Waals surface area contributed by atoms with Crippen LogP contribution in [-0.2, 0) is 0 Å². The highest BCUT2D eigenvalue weighted by atomic mass is 79.9. The van der Waals surface area contributed by atoms with Gasteiger partial charge in [-0.1, -0.05) is 43.6 Å². The van der Waals surface area contributed by atoms with Gasteiger partial charge < -0.3 is 10.1 Å². The molecule has 1 atom stereocenters. The molecule has 0 aromatic heterocycles. The molecule has 0 amide bonds. The molecule has 0 saturated carbocycles. The van der Waals surface area contributed by atoms with Gasteiger partial charge in [0.15, 0.2) is 0 Å². The Morgan fingerprint density at radius 2 is 2.00 bits per heavy atom. The van der Waals surface area contributed by atoms with Gasteiger partial charge in [0.1, 0.15) is 5.75 Å². The van der Waals surface area contributed by atoms with Crippen molar-refractivity contribution in [3.05, 3.63) is 28.2 Å². The SMILES string of the molecule is CCNC(C)c1cc(Br)ccc1OCCC(C)(C)C. The van der Waals surface area contributed by atoms with E-state index in [1.807, 2.05) is 6.07 Å². The molecule has 0 spiro atoms. The summed E-state index contributed by atoms with van der Waals surface area (Å²) in [5.41, 5.74) is 1.52. The van der Waals surface area contributed by atoms with Crippen LogP contribution in [0.15, 0.2) is 22.7 Å². The molecule has 1 aromatic rings. The maximum atomic E-state index is 5.97. The molecule has 0 radical (unpaired) electrons. The van der Waals surface area contributed by atoms with Gasteiger partial charge >= 0.3 is 0 Å². The minimum Gasteiger partial charge on any atom is -0.493 e. The van der Waals surface area contributed by atoms with Crippen LogP contribution in [0.4, 0.5) is 0 Å². The fraction of sp³-hybridized carbons (Fsp3) is 0.625. The van der Waals surface area contributed by atoms with Crippen molar-refractivity contribution in [2.45, 2.75) is 47.1 Å². The largest absolute Gasteiger partial charge is 0.493 e. The van der Waals surface area contributed by atoms with E-state index in [0.29, 0.717) is 11.5 Å². The fourth-order valence-corrected chi connectivity index (χ4v) is 2.25. The van der Waals surface area contributed by atoms with E-state index >= 15 is 0 Å². The first-order valence-corrected chi connectivity index (χ1v) is 7.78.